The first-order chi connectivity index (χ1) is 12.1. The van der Waals surface area contributed by atoms with E-state index in [2.05, 4.69) is 0 Å². The molecule has 0 aromatic heterocycles. The summed E-state index contributed by atoms with van der Waals surface area (Å²) >= 11 is 0. The first-order valence-corrected chi connectivity index (χ1v) is 11.2. The normalized spacial score (nSPS) is 12.3. The number of benzene rings is 2. The minimum absolute atomic E-state index is 0.192. The molecule has 8 heteroatoms. The third kappa shape index (κ3) is 4.70. The highest BCUT2D eigenvalue weighted by atomic mass is 32.2. The highest BCUT2D eigenvalue weighted by Gasteiger charge is 2.19. The molecule has 6 nitrogen and oxygen atoms in total. The number of hydrogen-bond acceptors (Lipinski definition) is 4. The Morgan fingerprint density at radius 1 is 0.692 bits per heavy atom. The second kappa shape index (κ2) is 7.87. The molecule has 0 spiro atoms. The molecule has 26 heavy (non-hydrogen) atoms. The van der Waals surface area contributed by atoms with Gasteiger partial charge in [-0.3, -0.25) is 9.11 Å². The highest BCUT2D eigenvalue weighted by Crippen LogP contribution is 2.29. The smallest absolute Gasteiger partial charge is 0.282 e. The molecule has 2 rings (SSSR count). The van der Waals surface area contributed by atoms with Gasteiger partial charge < -0.3 is 0 Å². The van der Waals surface area contributed by atoms with Gasteiger partial charge in [0.1, 0.15) is 0 Å². The van der Waals surface area contributed by atoms with Crippen LogP contribution in [0.2, 0.25) is 0 Å². The number of hydrogen-bond donors (Lipinski definition) is 2. The van der Waals surface area contributed by atoms with Crippen molar-refractivity contribution in [1.82, 2.24) is 0 Å². The summed E-state index contributed by atoms with van der Waals surface area (Å²) in [7, 11) is -8.82. The summed E-state index contributed by atoms with van der Waals surface area (Å²) in [6.07, 6.45) is 2.39. The highest BCUT2D eigenvalue weighted by molar-refractivity contribution is 7.86. The monoisotopic (exact) mass is 398 g/mol. The van der Waals surface area contributed by atoms with Gasteiger partial charge in [-0.05, 0) is 47.2 Å². The minimum atomic E-state index is -4.41. The van der Waals surface area contributed by atoms with E-state index in [-0.39, 0.29) is 9.79 Å². The molecule has 0 amide bonds. The van der Waals surface area contributed by atoms with Crippen molar-refractivity contribution in [3.63, 3.8) is 0 Å². The van der Waals surface area contributed by atoms with E-state index in [1.807, 2.05) is 13.8 Å². The molecule has 0 unspecified atom stereocenters. The summed E-state index contributed by atoms with van der Waals surface area (Å²) in [5, 5.41) is 0. The molecule has 0 heterocycles. The molecule has 0 atom stereocenters. The van der Waals surface area contributed by atoms with Gasteiger partial charge in [0.05, 0.1) is 9.79 Å². The van der Waals surface area contributed by atoms with Crippen molar-refractivity contribution in [2.24, 2.45) is 0 Å². The lowest BCUT2D eigenvalue weighted by Crippen LogP contribution is -2.05. The summed E-state index contributed by atoms with van der Waals surface area (Å²) in [6.45, 7) is 3.79. The lowest BCUT2D eigenvalue weighted by Gasteiger charge is -2.12. The third-order valence-electron chi connectivity index (χ3n) is 4.06. The Hall–Kier alpha value is -1.74. The number of aryl methyl sites for hydroxylation is 2. The van der Waals surface area contributed by atoms with Crippen LogP contribution in [0.4, 0.5) is 0 Å². The molecule has 2 aromatic carbocycles. The van der Waals surface area contributed by atoms with E-state index in [1.165, 1.54) is 12.1 Å². The van der Waals surface area contributed by atoms with Gasteiger partial charge in [0.2, 0.25) is 0 Å². The largest absolute Gasteiger partial charge is 0.294 e. The Morgan fingerprint density at radius 3 is 1.31 bits per heavy atom. The van der Waals surface area contributed by atoms with Gasteiger partial charge in [-0.1, -0.05) is 51.0 Å². The Balaban J connectivity index is 2.65. The molecule has 0 aliphatic rings. The van der Waals surface area contributed by atoms with Crippen LogP contribution in [0.5, 0.6) is 0 Å². The first kappa shape index (κ1) is 20.6. The Kier molecular flexibility index (Phi) is 6.23. The summed E-state index contributed by atoms with van der Waals surface area (Å²) in [4.78, 5) is -0.384. The van der Waals surface area contributed by atoms with Gasteiger partial charge in [0.25, 0.3) is 20.2 Å². The third-order valence-corrected chi connectivity index (χ3v) is 5.93. The molecule has 2 aromatic rings. The summed E-state index contributed by atoms with van der Waals surface area (Å²) < 4.78 is 65.8. The lowest BCUT2D eigenvalue weighted by atomic mass is 10.00. The van der Waals surface area contributed by atoms with Crippen LogP contribution in [0.15, 0.2) is 46.2 Å². The SMILES string of the molecule is CCCc1ccc(-c2ccc(CCC)c(S(=O)(=O)O)c2)cc1S(=O)(=O)O. The molecule has 0 radical (unpaired) electrons. The second-order valence-corrected chi connectivity index (χ2v) is 8.88. The van der Waals surface area contributed by atoms with Gasteiger partial charge in [0, 0.05) is 0 Å². The first-order valence-electron chi connectivity index (χ1n) is 8.29. The van der Waals surface area contributed by atoms with Gasteiger partial charge in [-0.15, -0.1) is 0 Å². The molecule has 0 saturated heterocycles. The van der Waals surface area contributed by atoms with Crippen LogP contribution in [-0.4, -0.2) is 25.9 Å². The molecule has 0 bridgehead atoms. The summed E-state index contributed by atoms with van der Waals surface area (Å²) in [5.74, 6) is 0. The zero-order valence-electron chi connectivity index (χ0n) is 14.6. The van der Waals surface area contributed by atoms with Crippen LogP contribution in [0.1, 0.15) is 37.8 Å². The van der Waals surface area contributed by atoms with Gasteiger partial charge in [0.15, 0.2) is 0 Å². The zero-order valence-corrected chi connectivity index (χ0v) is 16.3. The van der Waals surface area contributed by atoms with Crippen molar-refractivity contribution in [2.45, 2.75) is 49.3 Å². The maximum Gasteiger partial charge on any atom is 0.294 e. The van der Waals surface area contributed by atoms with Crippen LogP contribution < -0.4 is 0 Å². The molecule has 0 aliphatic heterocycles. The van der Waals surface area contributed by atoms with Gasteiger partial charge in [-0.2, -0.15) is 16.8 Å². The van der Waals surface area contributed by atoms with Crippen molar-refractivity contribution in [2.75, 3.05) is 0 Å². The second-order valence-electron chi connectivity index (χ2n) is 6.10. The summed E-state index contributed by atoms with van der Waals surface area (Å²) in [5.41, 5.74) is 1.86. The van der Waals surface area contributed by atoms with Crippen molar-refractivity contribution in [1.29, 1.82) is 0 Å². The van der Waals surface area contributed by atoms with E-state index < -0.39 is 20.2 Å². The lowest BCUT2D eigenvalue weighted by molar-refractivity contribution is 0.479. The van der Waals surface area contributed by atoms with Gasteiger partial charge >= 0.3 is 0 Å². The predicted molar refractivity (Wildman–Crippen MR) is 99.5 cm³/mol. The predicted octanol–water partition coefficient (Wildman–Crippen LogP) is 3.75. The van der Waals surface area contributed by atoms with E-state index in [4.69, 9.17) is 0 Å². The zero-order chi connectivity index (χ0) is 19.5. The molecular formula is C18H22O6S2. The molecule has 2 N–H and O–H groups in total. The Morgan fingerprint density at radius 2 is 1.04 bits per heavy atom. The van der Waals surface area contributed by atoms with Crippen LogP contribution in [0, 0.1) is 0 Å². The Labute approximate surface area is 154 Å². The van der Waals surface area contributed by atoms with Crippen molar-refractivity contribution in [3.05, 3.63) is 47.5 Å². The topological polar surface area (TPSA) is 109 Å². The van der Waals surface area contributed by atoms with Crippen LogP contribution >= 0.6 is 0 Å². The van der Waals surface area contributed by atoms with Crippen molar-refractivity contribution in [3.8, 4) is 11.1 Å². The van der Waals surface area contributed by atoms with Crippen LogP contribution in [0.25, 0.3) is 11.1 Å². The van der Waals surface area contributed by atoms with E-state index in [0.29, 0.717) is 47.9 Å². The maximum absolute atomic E-state index is 11.7. The van der Waals surface area contributed by atoms with Gasteiger partial charge in [-0.25, -0.2) is 0 Å². The molecular weight excluding hydrogens is 376 g/mol. The maximum atomic E-state index is 11.7. The van der Waals surface area contributed by atoms with E-state index in [9.17, 15) is 25.9 Å². The van der Waals surface area contributed by atoms with E-state index in [0.717, 1.165) is 0 Å². The molecule has 0 saturated carbocycles. The van der Waals surface area contributed by atoms with E-state index in [1.54, 1.807) is 24.3 Å². The standard InChI is InChI=1S/C18H22O6S2/c1-3-5-13-7-9-15(11-17(13)25(19,20)21)16-10-8-14(6-4-2)18(12-16)26(22,23)24/h7-12H,3-6H2,1-2H3,(H,19,20,21)(H,22,23,24). The number of rotatable bonds is 7. The summed E-state index contributed by atoms with van der Waals surface area (Å²) in [6, 6.07) is 9.19. The Bertz CT molecular complexity index is 924. The van der Waals surface area contributed by atoms with Crippen LogP contribution in [-0.2, 0) is 33.1 Å². The molecule has 0 fully saturated rings. The average molecular weight is 399 g/mol. The minimum Gasteiger partial charge on any atom is -0.282 e. The molecule has 0 aliphatic carbocycles. The fraction of sp³-hybridized carbons (Fsp3) is 0.333. The van der Waals surface area contributed by atoms with Crippen molar-refractivity contribution < 1.29 is 25.9 Å². The van der Waals surface area contributed by atoms with E-state index >= 15 is 0 Å². The van der Waals surface area contributed by atoms with Crippen molar-refractivity contribution >= 4 is 20.2 Å². The molecule has 142 valence electrons. The fourth-order valence-electron chi connectivity index (χ4n) is 2.90. The van der Waals surface area contributed by atoms with Crippen LogP contribution in [0.3, 0.4) is 0 Å². The fourth-order valence-corrected chi connectivity index (χ4v) is 4.45. The average Bonchev–Trinajstić information content (AvgIpc) is 2.54. The quantitative estimate of drug-likeness (QED) is 0.688.